The van der Waals surface area contributed by atoms with E-state index < -0.39 is 46.8 Å². The highest BCUT2D eigenvalue weighted by atomic mass is 35.5. The molecule has 0 radical (unpaired) electrons. The maximum Gasteiger partial charge on any atom is 0.242 e. The standard InChI is InChI=1S/C47H37ClN4O6S/c1-24-32-21-27(48)15-20-37(32)59-42(24)35-23-38(50(3)49-35)52-44(56)34-22-33-29(40(47(34,2)46(52)58)30-11-7-8-12-36(30)53)18-19-31-39(33)45(57)51(43(31)55)28-16-13-26(14-17-28)41(54)25-9-5-4-6-10-25/h4-18,20-21,23,31,33-34,39-40,53H,19,22H2,1-3H3. The number of carbonyl (C=O) groups excluding carboxylic acids is 5. The van der Waals surface area contributed by atoms with Crippen LogP contribution in [0.3, 0.4) is 0 Å². The number of fused-ring (bicyclic) bond motifs is 5. The van der Waals surface area contributed by atoms with E-state index in [9.17, 15) is 24.3 Å². The molecule has 0 bridgehead atoms. The maximum absolute atomic E-state index is 15.1. The number of anilines is 2. The molecule has 6 aromatic rings. The number of thiophene rings is 1. The van der Waals surface area contributed by atoms with E-state index in [-0.39, 0.29) is 36.2 Å². The number of amides is 4. The first-order valence-electron chi connectivity index (χ1n) is 19.6. The van der Waals surface area contributed by atoms with Crippen molar-refractivity contribution in [2.75, 3.05) is 9.80 Å². The quantitative estimate of drug-likeness (QED) is 0.101. The molecule has 4 aliphatic rings. The molecule has 1 saturated carbocycles. The predicted molar refractivity (Wildman–Crippen MR) is 225 cm³/mol. The van der Waals surface area contributed by atoms with E-state index in [2.05, 4.69) is 0 Å². The zero-order valence-electron chi connectivity index (χ0n) is 32.3. The summed E-state index contributed by atoms with van der Waals surface area (Å²) in [4.78, 5) is 75.3. The molecule has 6 unspecified atom stereocenters. The average molecular weight is 821 g/mol. The highest BCUT2D eigenvalue weighted by molar-refractivity contribution is 7.22. The van der Waals surface area contributed by atoms with Gasteiger partial charge < -0.3 is 5.11 Å². The van der Waals surface area contributed by atoms with Crippen molar-refractivity contribution in [3.8, 4) is 16.3 Å². The number of halogens is 1. The first-order valence-corrected chi connectivity index (χ1v) is 20.7. The lowest BCUT2D eigenvalue weighted by molar-refractivity contribution is -0.131. The smallest absolute Gasteiger partial charge is 0.242 e. The molecule has 6 atom stereocenters. The number of ketones is 1. The van der Waals surface area contributed by atoms with Crippen LogP contribution >= 0.6 is 22.9 Å². The lowest BCUT2D eigenvalue weighted by Crippen LogP contribution is -2.49. The van der Waals surface area contributed by atoms with Gasteiger partial charge in [0.15, 0.2) is 5.78 Å². The van der Waals surface area contributed by atoms with Crippen LogP contribution in [-0.2, 0) is 26.2 Å². The lowest BCUT2D eigenvalue weighted by atomic mass is 9.51. The topological polar surface area (TPSA) is 130 Å². The van der Waals surface area contributed by atoms with E-state index in [0.29, 0.717) is 38.9 Å². The Balaban J connectivity index is 1.02. The van der Waals surface area contributed by atoms with Crippen LogP contribution < -0.4 is 9.80 Å². The highest BCUT2D eigenvalue weighted by Gasteiger charge is 2.68. The SMILES string of the molecule is Cc1c(-c2cc(N3C(=O)C4CC5C(=CCC6C(=O)N(c7ccc(C(=O)c8ccccc8)cc7)C(=O)C65)C(c5ccccc5O)C4(C)C3=O)n(C)n2)sc2ccc(Cl)cc12. The van der Waals surface area contributed by atoms with Crippen LogP contribution in [0, 0.1) is 36.0 Å². The Kier molecular flexibility index (Phi) is 8.45. The van der Waals surface area contributed by atoms with Gasteiger partial charge in [0, 0.05) is 45.4 Å². The Labute approximate surface area is 348 Å². The molecule has 4 heterocycles. The third-order valence-corrected chi connectivity index (χ3v) is 14.7. The lowest BCUT2D eigenvalue weighted by Gasteiger charge is -2.49. The predicted octanol–water partition coefficient (Wildman–Crippen LogP) is 8.64. The molecule has 2 saturated heterocycles. The molecule has 3 fully saturated rings. The molecule has 1 N–H and O–H groups in total. The molecule has 294 valence electrons. The molecule has 2 aromatic heterocycles. The van der Waals surface area contributed by atoms with Crippen LogP contribution in [0.1, 0.15) is 52.7 Å². The van der Waals surface area contributed by atoms with Crippen LogP contribution in [0.2, 0.25) is 5.02 Å². The van der Waals surface area contributed by atoms with Crippen molar-refractivity contribution in [1.29, 1.82) is 0 Å². The van der Waals surface area contributed by atoms with Gasteiger partial charge in [0.25, 0.3) is 0 Å². The van der Waals surface area contributed by atoms with Gasteiger partial charge in [-0.3, -0.25) is 33.6 Å². The summed E-state index contributed by atoms with van der Waals surface area (Å²) in [5.41, 5.74) is 2.83. The molecule has 12 heteroatoms. The molecule has 2 aliphatic heterocycles. The fourth-order valence-corrected chi connectivity index (χ4v) is 11.6. The fourth-order valence-electron chi connectivity index (χ4n) is 10.3. The van der Waals surface area contributed by atoms with Crippen molar-refractivity contribution >= 4 is 73.9 Å². The van der Waals surface area contributed by atoms with Crippen LogP contribution in [-0.4, -0.2) is 44.3 Å². The number of hydrogen-bond acceptors (Lipinski definition) is 8. The van der Waals surface area contributed by atoms with Gasteiger partial charge in [0.1, 0.15) is 17.3 Å². The average Bonchev–Trinajstić information content (AvgIpc) is 3.91. The second kappa shape index (κ2) is 13.4. The van der Waals surface area contributed by atoms with E-state index in [1.165, 1.54) is 9.80 Å². The number of aromatic nitrogens is 2. The number of imide groups is 2. The van der Waals surface area contributed by atoms with Gasteiger partial charge in [-0.2, -0.15) is 5.10 Å². The minimum Gasteiger partial charge on any atom is -0.508 e. The van der Waals surface area contributed by atoms with E-state index in [0.717, 1.165) is 26.1 Å². The Morgan fingerprint density at radius 3 is 2.31 bits per heavy atom. The van der Waals surface area contributed by atoms with Crippen molar-refractivity contribution in [3.05, 3.63) is 142 Å². The summed E-state index contributed by atoms with van der Waals surface area (Å²) in [5.74, 6) is -5.14. The zero-order chi connectivity index (χ0) is 41.1. The number of rotatable bonds is 6. The Bertz CT molecular complexity index is 2850. The highest BCUT2D eigenvalue weighted by Crippen LogP contribution is 2.64. The monoisotopic (exact) mass is 820 g/mol. The normalized spacial score (nSPS) is 25.0. The number of phenols is 1. The summed E-state index contributed by atoms with van der Waals surface area (Å²) in [6.45, 7) is 3.79. The molecule has 10 nitrogen and oxygen atoms in total. The van der Waals surface area contributed by atoms with E-state index >= 15 is 4.79 Å². The summed E-state index contributed by atoms with van der Waals surface area (Å²) in [7, 11) is 1.71. The fraction of sp³-hybridized carbons (Fsp3) is 0.234. The van der Waals surface area contributed by atoms with Gasteiger partial charge in [0.05, 0.1) is 33.7 Å². The molecule has 0 spiro atoms. The summed E-state index contributed by atoms with van der Waals surface area (Å²) in [6.07, 6.45) is 2.37. The minimum absolute atomic E-state index is 0.0244. The second-order valence-electron chi connectivity index (χ2n) is 16.2. The van der Waals surface area contributed by atoms with Crippen LogP contribution in [0.15, 0.2) is 115 Å². The molecule has 2 aliphatic carbocycles. The minimum atomic E-state index is -1.34. The molecule has 4 aromatic carbocycles. The number of phenolic OH excluding ortho intramolecular Hbond substituents is 1. The third-order valence-electron chi connectivity index (χ3n) is 13.2. The molecular weight excluding hydrogens is 784 g/mol. The number of nitrogens with zero attached hydrogens (tertiary/aromatic N) is 4. The largest absolute Gasteiger partial charge is 0.508 e. The van der Waals surface area contributed by atoms with E-state index in [1.54, 1.807) is 109 Å². The number of hydrogen-bond donors (Lipinski definition) is 1. The Morgan fingerprint density at radius 2 is 1.56 bits per heavy atom. The third kappa shape index (κ3) is 5.37. The summed E-state index contributed by atoms with van der Waals surface area (Å²) in [6, 6.07) is 29.7. The molecule has 4 amide bonds. The first kappa shape index (κ1) is 37.1. The van der Waals surface area contributed by atoms with Gasteiger partial charge in [-0.15, -0.1) is 11.3 Å². The van der Waals surface area contributed by atoms with Gasteiger partial charge in [-0.1, -0.05) is 71.8 Å². The number of carbonyl (C=O) groups is 5. The van der Waals surface area contributed by atoms with Gasteiger partial charge in [-0.25, -0.2) is 4.90 Å². The number of para-hydroxylation sites is 1. The van der Waals surface area contributed by atoms with Crippen molar-refractivity contribution in [1.82, 2.24) is 9.78 Å². The molecular formula is C47H37ClN4O6S. The number of aryl methyl sites for hydroxylation is 2. The number of allylic oxidation sites excluding steroid dienone is 2. The van der Waals surface area contributed by atoms with Crippen LogP contribution in [0.4, 0.5) is 11.5 Å². The zero-order valence-corrected chi connectivity index (χ0v) is 33.8. The Hall–Kier alpha value is -6.17. The summed E-state index contributed by atoms with van der Waals surface area (Å²) >= 11 is 7.88. The molecule has 59 heavy (non-hydrogen) atoms. The summed E-state index contributed by atoms with van der Waals surface area (Å²) < 4.78 is 2.59. The van der Waals surface area contributed by atoms with Crippen molar-refractivity contribution in [2.24, 2.45) is 36.1 Å². The van der Waals surface area contributed by atoms with Gasteiger partial charge in [-0.05, 0) is 92.1 Å². The van der Waals surface area contributed by atoms with Crippen molar-refractivity contribution in [2.45, 2.75) is 32.6 Å². The second-order valence-corrected chi connectivity index (χ2v) is 17.7. The van der Waals surface area contributed by atoms with E-state index in [4.69, 9.17) is 16.7 Å². The number of aromatic hydroxyl groups is 1. The van der Waals surface area contributed by atoms with Crippen LogP contribution in [0.25, 0.3) is 20.7 Å². The number of benzene rings is 4. The van der Waals surface area contributed by atoms with Gasteiger partial charge in [0.2, 0.25) is 23.6 Å². The van der Waals surface area contributed by atoms with Gasteiger partial charge >= 0.3 is 0 Å². The summed E-state index contributed by atoms with van der Waals surface area (Å²) in [5, 5.41) is 17.8. The van der Waals surface area contributed by atoms with Crippen LogP contribution in [0.5, 0.6) is 5.75 Å². The maximum atomic E-state index is 15.1. The van der Waals surface area contributed by atoms with E-state index in [1.807, 2.05) is 37.3 Å². The van der Waals surface area contributed by atoms with Crippen molar-refractivity contribution in [3.63, 3.8) is 0 Å². The van der Waals surface area contributed by atoms with Crippen molar-refractivity contribution < 1.29 is 29.1 Å². The molecule has 10 rings (SSSR count). The Morgan fingerprint density at radius 1 is 0.847 bits per heavy atom. The first-order chi connectivity index (χ1) is 28.4.